The molecule has 3 nitrogen and oxygen atoms in total. The highest BCUT2D eigenvalue weighted by atomic mass is 16.2. The van der Waals surface area contributed by atoms with Gasteiger partial charge < -0.3 is 9.69 Å². The molecule has 0 spiro atoms. The molecule has 0 aromatic heterocycles. The van der Waals surface area contributed by atoms with Gasteiger partial charge in [-0.3, -0.25) is 4.79 Å². The standard InChI is InChI=1S/C20H21NO2/c1-15(22)12-13-20(2)17-10-6-7-11-18(17)21(19(20)23)14-16-8-4-3-5-9-16/h3-11H,12-14H2,1-2H3. The van der Waals surface area contributed by atoms with Crippen LogP contribution in [0.4, 0.5) is 5.69 Å². The Kier molecular flexibility index (Phi) is 4.03. The molecule has 23 heavy (non-hydrogen) atoms. The van der Waals surface area contributed by atoms with Crippen LogP contribution in [0.15, 0.2) is 54.6 Å². The van der Waals surface area contributed by atoms with Gasteiger partial charge >= 0.3 is 0 Å². The Morgan fingerprint density at radius 1 is 1.04 bits per heavy atom. The molecule has 0 N–H and O–H groups in total. The second-order valence-corrected chi connectivity index (χ2v) is 6.43. The van der Waals surface area contributed by atoms with Crippen LogP contribution in [0.3, 0.4) is 0 Å². The number of carbonyl (C=O) groups is 2. The zero-order valence-electron chi connectivity index (χ0n) is 13.6. The molecule has 3 rings (SSSR count). The fourth-order valence-electron chi connectivity index (χ4n) is 3.29. The zero-order valence-corrected chi connectivity index (χ0v) is 13.6. The van der Waals surface area contributed by atoms with Crippen molar-refractivity contribution in [1.82, 2.24) is 0 Å². The second-order valence-electron chi connectivity index (χ2n) is 6.43. The highest BCUT2D eigenvalue weighted by Gasteiger charge is 2.46. The molecule has 2 aromatic rings. The predicted octanol–water partition coefficient (Wildman–Crippen LogP) is 3.86. The summed E-state index contributed by atoms with van der Waals surface area (Å²) in [4.78, 5) is 26.4. The average Bonchev–Trinajstić information content (AvgIpc) is 2.77. The minimum atomic E-state index is -0.614. The summed E-state index contributed by atoms with van der Waals surface area (Å²) >= 11 is 0. The van der Waals surface area contributed by atoms with Crippen LogP contribution in [0.2, 0.25) is 0 Å². The summed E-state index contributed by atoms with van der Waals surface area (Å²) in [5.74, 6) is 0.210. The van der Waals surface area contributed by atoms with E-state index in [4.69, 9.17) is 0 Å². The summed E-state index contributed by atoms with van der Waals surface area (Å²) in [6.07, 6.45) is 0.985. The molecule has 0 saturated heterocycles. The van der Waals surface area contributed by atoms with Gasteiger partial charge in [0.05, 0.1) is 12.0 Å². The Balaban J connectivity index is 1.96. The van der Waals surface area contributed by atoms with E-state index < -0.39 is 5.41 Å². The lowest BCUT2D eigenvalue weighted by atomic mass is 9.79. The van der Waals surface area contributed by atoms with E-state index in [1.54, 1.807) is 6.92 Å². The SMILES string of the molecule is CC(=O)CCC1(C)C(=O)N(Cc2ccccc2)c2ccccc21. The highest BCUT2D eigenvalue weighted by molar-refractivity contribution is 6.08. The van der Waals surface area contributed by atoms with Crippen LogP contribution in [-0.4, -0.2) is 11.7 Å². The van der Waals surface area contributed by atoms with Gasteiger partial charge in [0, 0.05) is 12.1 Å². The van der Waals surface area contributed by atoms with E-state index in [0.29, 0.717) is 19.4 Å². The average molecular weight is 307 g/mol. The third-order valence-electron chi connectivity index (χ3n) is 4.67. The van der Waals surface area contributed by atoms with Crippen LogP contribution in [0.5, 0.6) is 0 Å². The van der Waals surface area contributed by atoms with Gasteiger partial charge in [-0.1, -0.05) is 48.5 Å². The van der Waals surface area contributed by atoms with E-state index in [2.05, 4.69) is 0 Å². The Bertz CT molecular complexity index is 738. The first-order chi connectivity index (χ1) is 11.0. The summed E-state index contributed by atoms with van der Waals surface area (Å²) in [5, 5.41) is 0. The van der Waals surface area contributed by atoms with Crippen molar-refractivity contribution in [1.29, 1.82) is 0 Å². The summed E-state index contributed by atoms with van der Waals surface area (Å²) in [6, 6.07) is 17.9. The number of fused-ring (bicyclic) bond motifs is 1. The number of rotatable bonds is 5. The van der Waals surface area contributed by atoms with Crippen molar-refractivity contribution in [3.63, 3.8) is 0 Å². The van der Waals surface area contributed by atoms with Crippen molar-refractivity contribution < 1.29 is 9.59 Å². The van der Waals surface area contributed by atoms with Crippen LogP contribution in [-0.2, 0) is 21.5 Å². The van der Waals surface area contributed by atoms with Gasteiger partial charge in [-0.25, -0.2) is 0 Å². The first-order valence-electron chi connectivity index (χ1n) is 7.97. The van der Waals surface area contributed by atoms with E-state index >= 15 is 0 Å². The molecule has 0 saturated carbocycles. The first kappa shape index (κ1) is 15.5. The minimum Gasteiger partial charge on any atom is -0.307 e. The van der Waals surface area contributed by atoms with Crippen LogP contribution >= 0.6 is 0 Å². The van der Waals surface area contributed by atoms with Crippen LogP contribution in [0.25, 0.3) is 0 Å². The predicted molar refractivity (Wildman–Crippen MR) is 91.3 cm³/mol. The number of hydrogen-bond donors (Lipinski definition) is 0. The van der Waals surface area contributed by atoms with E-state index in [1.165, 1.54) is 0 Å². The number of nitrogens with zero attached hydrogens (tertiary/aromatic N) is 1. The second kappa shape index (κ2) is 5.99. The van der Waals surface area contributed by atoms with E-state index in [9.17, 15) is 9.59 Å². The third kappa shape index (κ3) is 2.79. The molecule has 3 heteroatoms. The molecule has 0 aliphatic carbocycles. The van der Waals surface area contributed by atoms with E-state index in [-0.39, 0.29) is 11.7 Å². The smallest absolute Gasteiger partial charge is 0.237 e. The summed E-state index contributed by atoms with van der Waals surface area (Å²) < 4.78 is 0. The monoisotopic (exact) mass is 307 g/mol. The van der Waals surface area contributed by atoms with Crippen molar-refractivity contribution in [2.75, 3.05) is 4.90 Å². The summed E-state index contributed by atoms with van der Waals surface area (Å²) in [7, 11) is 0. The number of amides is 1. The largest absolute Gasteiger partial charge is 0.307 e. The molecule has 118 valence electrons. The fourth-order valence-corrected chi connectivity index (χ4v) is 3.29. The van der Waals surface area contributed by atoms with Crippen molar-refractivity contribution in [3.8, 4) is 0 Å². The van der Waals surface area contributed by atoms with E-state index in [1.807, 2.05) is 66.4 Å². The van der Waals surface area contributed by atoms with Crippen molar-refractivity contribution >= 4 is 17.4 Å². The van der Waals surface area contributed by atoms with Gasteiger partial charge in [-0.15, -0.1) is 0 Å². The Labute approximate surface area is 136 Å². The van der Waals surface area contributed by atoms with Gasteiger partial charge in [0.15, 0.2) is 0 Å². The molecule has 0 bridgehead atoms. The van der Waals surface area contributed by atoms with Gasteiger partial charge in [0.2, 0.25) is 5.91 Å². The fraction of sp³-hybridized carbons (Fsp3) is 0.300. The molecule has 1 aliphatic heterocycles. The number of para-hydroxylation sites is 1. The molecular formula is C20H21NO2. The topological polar surface area (TPSA) is 37.4 Å². The first-order valence-corrected chi connectivity index (χ1v) is 7.97. The zero-order chi connectivity index (χ0) is 16.4. The molecule has 2 aromatic carbocycles. The molecule has 1 heterocycles. The normalized spacial score (nSPS) is 19.7. The lowest BCUT2D eigenvalue weighted by molar-refractivity contribution is -0.123. The number of ketones is 1. The summed E-state index contributed by atoms with van der Waals surface area (Å²) in [6.45, 7) is 4.10. The van der Waals surface area contributed by atoms with Crippen molar-refractivity contribution in [2.45, 2.75) is 38.6 Å². The van der Waals surface area contributed by atoms with Gasteiger partial charge in [-0.2, -0.15) is 0 Å². The van der Waals surface area contributed by atoms with Crippen LogP contribution in [0, 0.1) is 0 Å². The molecule has 0 fully saturated rings. The lowest BCUT2D eigenvalue weighted by Crippen LogP contribution is -2.38. The molecule has 1 atom stereocenters. The maximum atomic E-state index is 13.1. The molecular weight excluding hydrogens is 286 g/mol. The number of hydrogen-bond acceptors (Lipinski definition) is 2. The Hall–Kier alpha value is -2.42. The van der Waals surface area contributed by atoms with Gasteiger partial charge in [0.1, 0.15) is 5.78 Å². The molecule has 0 radical (unpaired) electrons. The number of Topliss-reactive ketones (excluding diaryl/α,β-unsaturated/α-hetero) is 1. The number of benzene rings is 2. The lowest BCUT2D eigenvalue weighted by Gasteiger charge is -2.24. The number of anilines is 1. The molecule has 1 amide bonds. The Morgan fingerprint density at radius 2 is 1.70 bits per heavy atom. The number of carbonyl (C=O) groups excluding carboxylic acids is 2. The van der Waals surface area contributed by atoms with Gasteiger partial charge in [0.25, 0.3) is 0 Å². The van der Waals surface area contributed by atoms with Crippen molar-refractivity contribution in [2.24, 2.45) is 0 Å². The Morgan fingerprint density at radius 3 is 2.39 bits per heavy atom. The van der Waals surface area contributed by atoms with Gasteiger partial charge in [-0.05, 0) is 37.5 Å². The molecule has 1 unspecified atom stereocenters. The molecule has 1 aliphatic rings. The van der Waals surface area contributed by atoms with Crippen LogP contribution < -0.4 is 4.90 Å². The van der Waals surface area contributed by atoms with Crippen molar-refractivity contribution in [3.05, 3.63) is 65.7 Å². The van der Waals surface area contributed by atoms with Crippen LogP contribution in [0.1, 0.15) is 37.8 Å². The maximum Gasteiger partial charge on any atom is 0.237 e. The quantitative estimate of drug-likeness (QED) is 0.841. The third-order valence-corrected chi connectivity index (χ3v) is 4.67. The maximum absolute atomic E-state index is 13.1. The summed E-state index contributed by atoms with van der Waals surface area (Å²) in [5.41, 5.74) is 2.48. The van der Waals surface area contributed by atoms with E-state index in [0.717, 1.165) is 16.8 Å². The minimum absolute atomic E-state index is 0.0869. The highest BCUT2D eigenvalue weighted by Crippen LogP contribution is 2.44.